The van der Waals surface area contributed by atoms with Gasteiger partial charge < -0.3 is 72.5 Å². The van der Waals surface area contributed by atoms with Crippen molar-refractivity contribution in [2.45, 2.75) is 231 Å². The van der Waals surface area contributed by atoms with E-state index >= 15 is 0 Å². The number of aromatic nitrogens is 1. The number of carbonyl (C=O) groups excluding carboxylic acids is 3. The SMILES string of the molecule is CC[C@H]1OC(=O)[C@H](C)[C@@H](O[C@H]2C[C@@](C)(OC)[C@@H](OC(=O)CCCCCOCCCc3ccc4c(c3)c(=O)c(C(=O)O)cn4CC)[C@H](C)O2)[C@H](C)[C@@H](O[C@@H]2O[C@H](C)C[C@H](N(C)C)[C@H]2O)[C@](C)(OC)C[C@@H](C)C(=O)[C@H](C)[C@@H](O)[C@]1(C)O. The Balaban J connectivity index is 1.27. The molecular weight excluding hydrogens is 1020 g/mol. The number of esters is 2. The molecule has 4 N–H and O–H groups in total. The van der Waals surface area contributed by atoms with Gasteiger partial charge in [-0.2, -0.15) is 0 Å². The summed E-state index contributed by atoms with van der Waals surface area (Å²) in [5.74, 6) is -6.48. The van der Waals surface area contributed by atoms with Crippen LogP contribution >= 0.6 is 0 Å². The number of unbranched alkanes of at least 4 members (excludes halogenated alkanes) is 2. The van der Waals surface area contributed by atoms with Crippen LogP contribution in [0.4, 0.5) is 0 Å². The molecule has 20 nitrogen and oxygen atoms in total. The van der Waals surface area contributed by atoms with Gasteiger partial charge in [0.05, 0.1) is 47.6 Å². The number of nitrogens with zero attached hydrogens (tertiary/aromatic N) is 2. The average Bonchev–Trinajstić information content (AvgIpc) is 3.46. The largest absolute Gasteiger partial charge is 0.477 e. The Morgan fingerprint density at radius 1 is 0.848 bits per heavy atom. The number of cyclic esters (lactones) is 1. The molecular formula is C59H94N2O18. The topological polar surface area (TPSA) is 258 Å². The molecule has 0 radical (unpaired) electrons. The summed E-state index contributed by atoms with van der Waals surface area (Å²) in [4.78, 5) is 68.8. The molecule has 0 unspecified atom stereocenters. The quantitative estimate of drug-likeness (QED) is 0.0797. The van der Waals surface area contributed by atoms with Crippen molar-refractivity contribution in [3.63, 3.8) is 0 Å². The minimum absolute atomic E-state index is 0.0562. The van der Waals surface area contributed by atoms with Gasteiger partial charge in [-0.1, -0.05) is 40.2 Å². The Morgan fingerprint density at radius 3 is 2.13 bits per heavy atom. The molecule has 1 aromatic heterocycles. The number of fused-ring (bicyclic) bond motifs is 1. The smallest absolute Gasteiger partial charge is 0.341 e. The first kappa shape index (κ1) is 65.9. The van der Waals surface area contributed by atoms with Crippen molar-refractivity contribution in [2.24, 2.45) is 23.7 Å². The van der Waals surface area contributed by atoms with Crippen LogP contribution in [0.2, 0.25) is 0 Å². The van der Waals surface area contributed by atoms with E-state index in [4.69, 9.17) is 42.6 Å². The average molecular weight is 1120 g/mol. The van der Waals surface area contributed by atoms with Gasteiger partial charge in [-0.15, -0.1) is 0 Å². The van der Waals surface area contributed by atoms with E-state index in [2.05, 4.69) is 0 Å². The zero-order chi connectivity index (χ0) is 58.9. The standard InChI is InChI=1S/C59H94N2O18/c1-16-44-59(11,70)51(66)35(5)47(63)33(3)30-57(9,71-14)52(79-56-49(65)43(60(12)13)28-34(4)74-56)36(6)50(37(7)55(69)76-44)78-46-31-58(10,72-15)53(38(8)75-46)77-45(62)23-19-18-20-26-73-27-21-22-39-24-25-42-40(29-39)48(64)41(54(67)68)32-61(42)17-2/h24-25,29,32-38,43-44,46,49-53,56,65-66,70H,16-23,26-28,30-31H2,1-15H3,(H,67,68)/t33-,34-,35+,36+,37-,38+,43+,44-,46+,49-,50+,51-,52-,53+,56+,57-,58-,59-/m1/s1. The third kappa shape index (κ3) is 15.6. The number of ketones is 1. The zero-order valence-corrected chi connectivity index (χ0v) is 49.6. The summed E-state index contributed by atoms with van der Waals surface area (Å²) in [5, 5.41) is 45.2. The number of carbonyl (C=O) groups is 4. The Morgan fingerprint density at radius 2 is 1.51 bits per heavy atom. The minimum atomic E-state index is -2.02. The lowest BCUT2D eigenvalue weighted by molar-refractivity contribution is -0.320. The maximum Gasteiger partial charge on any atom is 0.341 e. The zero-order valence-electron chi connectivity index (χ0n) is 49.6. The molecule has 1 aromatic carbocycles. The lowest BCUT2D eigenvalue weighted by atomic mass is 9.74. The van der Waals surface area contributed by atoms with E-state index < -0.39 is 119 Å². The molecule has 18 atom stereocenters. The van der Waals surface area contributed by atoms with Crippen molar-refractivity contribution in [1.29, 1.82) is 0 Å². The van der Waals surface area contributed by atoms with Crippen molar-refractivity contribution in [3.05, 3.63) is 45.7 Å². The van der Waals surface area contributed by atoms with Crippen LogP contribution in [0.15, 0.2) is 29.2 Å². The van der Waals surface area contributed by atoms with Crippen molar-refractivity contribution in [2.75, 3.05) is 41.5 Å². The summed E-state index contributed by atoms with van der Waals surface area (Å²) in [6.45, 7) is 20.5. The molecule has 448 valence electrons. The molecule has 3 saturated heterocycles. The highest BCUT2D eigenvalue weighted by atomic mass is 16.7. The second-order valence-corrected chi connectivity index (χ2v) is 23.4. The van der Waals surface area contributed by atoms with Gasteiger partial charge in [-0.05, 0) is 125 Å². The van der Waals surface area contributed by atoms with Gasteiger partial charge in [-0.3, -0.25) is 19.2 Å². The maximum absolute atomic E-state index is 14.6. The summed E-state index contributed by atoms with van der Waals surface area (Å²) >= 11 is 0. The number of hydrogen-bond acceptors (Lipinski definition) is 18. The Hall–Kier alpha value is -3.93. The first-order chi connectivity index (χ1) is 37.1. The number of aliphatic hydroxyl groups is 3. The molecule has 20 heteroatoms. The van der Waals surface area contributed by atoms with Crippen molar-refractivity contribution < 1.29 is 82.2 Å². The maximum atomic E-state index is 14.6. The van der Waals surface area contributed by atoms with Crippen LogP contribution in [0.5, 0.6) is 0 Å². The fourth-order valence-corrected chi connectivity index (χ4v) is 12.1. The molecule has 0 saturated carbocycles. The molecule has 0 aliphatic carbocycles. The summed E-state index contributed by atoms with van der Waals surface area (Å²) in [7, 11) is 6.75. The number of ether oxygens (including phenoxy) is 9. The number of benzene rings is 1. The first-order valence-corrected chi connectivity index (χ1v) is 28.5. The van der Waals surface area contributed by atoms with E-state index in [1.54, 1.807) is 59.1 Å². The van der Waals surface area contributed by atoms with Gasteiger partial charge in [0.1, 0.15) is 34.8 Å². The van der Waals surface area contributed by atoms with Crippen molar-refractivity contribution >= 4 is 34.6 Å². The molecule has 4 heterocycles. The van der Waals surface area contributed by atoms with Gasteiger partial charge in [0, 0.05) is 82.2 Å². The summed E-state index contributed by atoms with van der Waals surface area (Å²) in [6, 6.07) is 5.23. The van der Waals surface area contributed by atoms with Gasteiger partial charge in [0.25, 0.3) is 0 Å². The highest BCUT2D eigenvalue weighted by Crippen LogP contribution is 2.42. The van der Waals surface area contributed by atoms with E-state index in [-0.39, 0.29) is 49.2 Å². The number of aromatic carboxylic acids is 1. The second-order valence-electron chi connectivity index (χ2n) is 23.4. The predicted molar refractivity (Wildman–Crippen MR) is 293 cm³/mol. The summed E-state index contributed by atoms with van der Waals surface area (Å²) in [5.41, 5.74) is -3.62. The lowest BCUT2D eigenvalue weighted by Gasteiger charge is -2.50. The summed E-state index contributed by atoms with van der Waals surface area (Å²) in [6.07, 6.45) is -4.57. The Labute approximate surface area is 467 Å². The fourth-order valence-electron chi connectivity index (χ4n) is 12.1. The van der Waals surface area contributed by atoms with Gasteiger partial charge in [0.2, 0.25) is 5.43 Å². The van der Waals surface area contributed by atoms with Crippen LogP contribution in [0.25, 0.3) is 10.9 Å². The monoisotopic (exact) mass is 1120 g/mol. The number of aliphatic hydroxyl groups excluding tert-OH is 2. The van der Waals surface area contributed by atoms with Crippen molar-refractivity contribution in [1.82, 2.24) is 9.47 Å². The number of Topliss-reactive ketones (excluding diaryl/α,β-unsaturated/α-hetero) is 1. The van der Waals surface area contributed by atoms with Crippen LogP contribution in [0.3, 0.4) is 0 Å². The van der Waals surface area contributed by atoms with Crippen LogP contribution in [0.1, 0.15) is 150 Å². The number of hydrogen-bond donors (Lipinski definition) is 4. The molecule has 3 aliphatic rings. The molecule has 3 fully saturated rings. The molecule has 0 amide bonds. The number of aryl methyl sites for hydroxylation is 2. The van der Waals surface area contributed by atoms with Crippen LogP contribution in [-0.4, -0.2) is 179 Å². The van der Waals surface area contributed by atoms with Crippen LogP contribution < -0.4 is 5.43 Å². The molecule has 0 bridgehead atoms. The highest BCUT2D eigenvalue weighted by Gasteiger charge is 2.55. The second kappa shape index (κ2) is 28.4. The van der Waals surface area contributed by atoms with Crippen LogP contribution in [0, 0.1) is 23.7 Å². The molecule has 0 spiro atoms. The third-order valence-electron chi connectivity index (χ3n) is 17.1. The number of rotatable bonds is 21. The van der Waals surface area contributed by atoms with E-state index in [9.17, 15) is 44.4 Å². The number of methoxy groups -OCH3 is 2. The van der Waals surface area contributed by atoms with Gasteiger partial charge in [0.15, 0.2) is 18.7 Å². The number of carboxylic acids is 1. The van der Waals surface area contributed by atoms with Gasteiger partial charge >= 0.3 is 17.9 Å². The Kier molecular flexibility index (Phi) is 23.7. The number of likely N-dealkylation sites (N-methyl/N-ethyl adjacent to an activating group) is 1. The molecule has 5 rings (SSSR count). The summed E-state index contributed by atoms with van der Waals surface area (Å²) < 4.78 is 59.0. The van der Waals surface area contributed by atoms with E-state index in [0.29, 0.717) is 62.8 Å². The fraction of sp³-hybridized carbons (Fsp3) is 0.780. The van der Waals surface area contributed by atoms with E-state index in [0.717, 1.165) is 12.0 Å². The van der Waals surface area contributed by atoms with Crippen molar-refractivity contribution in [3.8, 4) is 0 Å². The molecule has 79 heavy (non-hydrogen) atoms. The normalized spacial score (nSPS) is 36.2. The lowest BCUT2D eigenvalue weighted by Crippen LogP contribution is -2.61. The van der Waals surface area contributed by atoms with Crippen LogP contribution in [-0.2, 0) is 70.0 Å². The van der Waals surface area contributed by atoms with Gasteiger partial charge in [-0.25, -0.2) is 4.79 Å². The first-order valence-electron chi connectivity index (χ1n) is 28.5. The minimum Gasteiger partial charge on any atom is -0.477 e. The Bertz CT molecular complexity index is 2410. The van der Waals surface area contributed by atoms with E-state index in [1.807, 2.05) is 51.9 Å². The number of pyridine rings is 1. The van der Waals surface area contributed by atoms with E-state index in [1.165, 1.54) is 27.3 Å². The third-order valence-corrected chi connectivity index (χ3v) is 17.1. The predicted octanol–water partition coefficient (Wildman–Crippen LogP) is 6.23. The highest BCUT2D eigenvalue weighted by molar-refractivity contribution is 5.92. The number of carboxylic acid groups (broad SMARTS) is 1. The molecule has 2 aromatic rings. The molecule has 3 aliphatic heterocycles.